The van der Waals surface area contributed by atoms with Crippen molar-refractivity contribution in [3.63, 3.8) is 0 Å². The van der Waals surface area contributed by atoms with Crippen LogP contribution in [0.5, 0.6) is 0 Å². The number of fused-ring (bicyclic) bond motifs is 5. The molecule has 1 saturated heterocycles. The Morgan fingerprint density at radius 2 is 1.62 bits per heavy atom. The van der Waals surface area contributed by atoms with Crippen molar-refractivity contribution in [1.29, 1.82) is 0 Å². The third-order valence-electron chi connectivity index (χ3n) is 6.95. The van der Waals surface area contributed by atoms with Crippen molar-refractivity contribution in [1.82, 2.24) is 10.2 Å². The largest absolute Gasteiger partial charge is 0.331 e. The van der Waals surface area contributed by atoms with Gasteiger partial charge in [0.25, 0.3) is 0 Å². The zero-order valence-electron chi connectivity index (χ0n) is 12.0. The van der Waals surface area contributed by atoms with Crippen molar-refractivity contribution in [2.75, 3.05) is 0 Å². The van der Waals surface area contributed by atoms with Gasteiger partial charge in [0.2, 0.25) is 11.8 Å². The van der Waals surface area contributed by atoms with Gasteiger partial charge < -0.3 is 0 Å². The molecule has 4 atom stereocenters. The molecule has 0 aromatic carbocycles. The molecule has 1 spiro atoms. The van der Waals surface area contributed by atoms with Crippen molar-refractivity contribution < 1.29 is 14.4 Å². The van der Waals surface area contributed by atoms with Gasteiger partial charge in [-0.2, -0.15) is 0 Å². The lowest BCUT2D eigenvalue weighted by molar-refractivity contribution is -0.151. The van der Waals surface area contributed by atoms with E-state index in [2.05, 4.69) is 5.32 Å². The van der Waals surface area contributed by atoms with Gasteiger partial charge in [-0.25, -0.2) is 4.79 Å². The SMILES string of the molecule is O=C1NC(=O)C2(CCCC2)C(=O)N1C1C2C3CCC(C3)C21. The van der Waals surface area contributed by atoms with Crippen LogP contribution in [0.3, 0.4) is 0 Å². The van der Waals surface area contributed by atoms with Crippen LogP contribution in [-0.4, -0.2) is 28.8 Å². The number of carbonyl (C=O) groups is 3. The minimum atomic E-state index is -0.927. The van der Waals surface area contributed by atoms with Gasteiger partial charge in [0.1, 0.15) is 5.41 Å². The second kappa shape index (κ2) is 3.68. The Morgan fingerprint density at radius 1 is 1.00 bits per heavy atom. The first-order valence-electron chi connectivity index (χ1n) is 8.32. The Labute approximate surface area is 123 Å². The van der Waals surface area contributed by atoms with E-state index in [4.69, 9.17) is 0 Å². The highest BCUT2D eigenvalue weighted by molar-refractivity contribution is 6.19. The van der Waals surface area contributed by atoms with Crippen LogP contribution in [0.4, 0.5) is 4.79 Å². The van der Waals surface area contributed by atoms with Gasteiger partial charge >= 0.3 is 6.03 Å². The quantitative estimate of drug-likeness (QED) is 0.746. The van der Waals surface area contributed by atoms with Gasteiger partial charge in [0, 0.05) is 6.04 Å². The van der Waals surface area contributed by atoms with E-state index >= 15 is 0 Å². The lowest BCUT2D eigenvalue weighted by Gasteiger charge is -2.38. The van der Waals surface area contributed by atoms with Crippen LogP contribution in [0.15, 0.2) is 0 Å². The molecule has 1 heterocycles. The first-order chi connectivity index (χ1) is 10.1. The van der Waals surface area contributed by atoms with Crippen molar-refractivity contribution in [2.45, 2.75) is 51.0 Å². The number of rotatable bonds is 1. The monoisotopic (exact) mass is 288 g/mol. The molecule has 2 bridgehead atoms. The molecule has 0 aromatic rings. The van der Waals surface area contributed by atoms with E-state index in [1.165, 1.54) is 24.2 Å². The molecule has 5 nitrogen and oxygen atoms in total. The molecule has 1 aliphatic heterocycles. The molecule has 4 saturated carbocycles. The van der Waals surface area contributed by atoms with Crippen LogP contribution in [0.2, 0.25) is 0 Å². The summed E-state index contributed by atoms with van der Waals surface area (Å²) in [6.07, 6.45) is 6.84. The van der Waals surface area contributed by atoms with E-state index in [-0.39, 0.29) is 17.9 Å². The fourth-order valence-electron chi connectivity index (χ4n) is 6.01. The van der Waals surface area contributed by atoms with Crippen LogP contribution in [0.25, 0.3) is 0 Å². The molecular weight excluding hydrogens is 268 g/mol. The van der Waals surface area contributed by atoms with Crippen LogP contribution < -0.4 is 5.32 Å². The van der Waals surface area contributed by atoms with Gasteiger partial charge in [-0.05, 0) is 55.8 Å². The Hall–Kier alpha value is -1.39. The molecule has 112 valence electrons. The molecule has 4 aliphatic carbocycles. The summed E-state index contributed by atoms with van der Waals surface area (Å²) in [6, 6.07) is -0.365. The predicted molar refractivity (Wildman–Crippen MR) is 72.9 cm³/mol. The summed E-state index contributed by atoms with van der Waals surface area (Å²) >= 11 is 0. The fraction of sp³-hybridized carbons (Fsp3) is 0.812. The zero-order valence-corrected chi connectivity index (χ0v) is 12.0. The molecule has 5 rings (SSSR count). The smallest absolute Gasteiger partial charge is 0.277 e. The average molecular weight is 288 g/mol. The van der Waals surface area contributed by atoms with Gasteiger partial charge in [-0.3, -0.25) is 19.8 Å². The van der Waals surface area contributed by atoms with Crippen molar-refractivity contribution >= 4 is 17.8 Å². The van der Waals surface area contributed by atoms with Gasteiger partial charge in [0.15, 0.2) is 0 Å². The van der Waals surface area contributed by atoms with Crippen molar-refractivity contribution in [2.24, 2.45) is 29.1 Å². The van der Waals surface area contributed by atoms with E-state index in [1.807, 2.05) is 0 Å². The minimum Gasteiger partial charge on any atom is -0.277 e. The molecule has 21 heavy (non-hydrogen) atoms. The van der Waals surface area contributed by atoms with E-state index in [9.17, 15) is 14.4 Å². The second-order valence-electron chi connectivity index (χ2n) is 7.70. The number of carbonyl (C=O) groups excluding carboxylic acids is 3. The second-order valence-corrected chi connectivity index (χ2v) is 7.70. The summed E-state index contributed by atoms with van der Waals surface area (Å²) in [6.45, 7) is 0. The Balaban J connectivity index is 1.48. The molecule has 4 amide bonds. The molecule has 5 aliphatic rings. The van der Waals surface area contributed by atoms with Crippen LogP contribution in [0.1, 0.15) is 44.9 Å². The van der Waals surface area contributed by atoms with E-state index in [0.717, 1.165) is 12.8 Å². The number of urea groups is 1. The topological polar surface area (TPSA) is 66.5 Å². The number of imide groups is 2. The number of nitrogens with zero attached hydrogens (tertiary/aromatic N) is 1. The summed E-state index contributed by atoms with van der Waals surface area (Å²) in [5.41, 5.74) is -0.927. The number of barbiturate groups is 1. The highest BCUT2D eigenvalue weighted by atomic mass is 16.2. The van der Waals surface area contributed by atoms with Gasteiger partial charge in [-0.1, -0.05) is 12.8 Å². The third-order valence-corrected chi connectivity index (χ3v) is 6.95. The Morgan fingerprint density at radius 3 is 2.24 bits per heavy atom. The van der Waals surface area contributed by atoms with E-state index in [0.29, 0.717) is 36.5 Å². The van der Waals surface area contributed by atoms with E-state index < -0.39 is 11.4 Å². The molecular formula is C16H20N2O3. The maximum Gasteiger partial charge on any atom is 0.331 e. The van der Waals surface area contributed by atoms with Crippen LogP contribution in [-0.2, 0) is 9.59 Å². The molecule has 5 heteroatoms. The highest BCUT2D eigenvalue weighted by Gasteiger charge is 2.71. The summed E-state index contributed by atoms with van der Waals surface area (Å²) in [5.74, 6) is 1.95. The maximum atomic E-state index is 13.0. The third kappa shape index (κ3) is 1.31. The first kappa shape index (κ1) is 12.2. The standard InChI is InChI=1S/C16H20N2O3/c19-13-16(5-1-2-6-16)14(20)18(15(21)17-13)12-10-8-3-4-9(7-8)11(10)12/h8-12H,1-7H2,(H,17,19,21). The van der Waals surface area contributed by atoms with E-state index in [1.54, 1.807) is 0 Å². The lowest BCUT2D eigenvalue weighted by Crippen LogP contribution is -2.64. The molecule has 4 unspecified atom stereocenters. The zero-order chi connectivity index (χ0) is 14.4. The lowest BCUT2D eigenvalue weighted by atomic mass is 9.82. The van der Waals surface area contributed by atoms with Gasteiger partial charge in [0.05, 0.1) is 0 Å². The number of nitrogens with one attached hydrogen (secondary N) is 1. The predicted octanol–water partition coefficient (Wildman–Crippen LogP) is 1.67. The highest BCUT2D eigenvalue weighted by Crippen LogP contribution is 2.67. The average Bonchev–Trinajstić information content (AvgIpc) is 2.91. The number of amides is 4. The summed E-state index contributed by atoms with van der Waals surface area (Å²) in [7, 11) is 0. The molecule has 0 aromatic heterocycles. The first-order valence-corrected chi connectivity index (χ1v) is 8.32. The minimum absolute atomic E-state index is 0.0920. The van der Waals surface area contributed by atoms with Crippen molar-refractivity contribution in [3.8, 4) is 0 Å². The maximum absolute atomic E-state index is 13.0. The van der Waals surface area contributed by atoms with Gasteiger partial charge in [-0.15, -0.1) is 0 Å². The number of hydrogen-bond acceptors (Lipinski definition) is 3. The fourth-order valence-corrected chi connectivity index (χ4v) is 6.01. The summed E-state index contributed by atoms with van der Waals surface area (Å²) < 4.78 is 0. The molecule has 0 radical (unpaired) electrons. The van der Waals surface area contributed by atoms with Crippen LogP contribution >= 0.6 is 0 Å². The summed E-state index contributed by atoms with van der Waals surface area (Å²) in [5, 5.41) is 2.48. The Kier molecular flexibility index (Phi) is 2.13. The normalized spacial score (nSPS) is 46.2. The molecule has 5 fully saturated rings. The van der Waals surface area contributed by atoms with Crippen LogP contribution in [0, 0.1) is 29.1 Å². The molecule has 1 N–H and O–H groups in total. The summed E-state index contributed by atoms with van der Waals surface area (Å²) in [4.78, 5) is 38.9. The van der Waals surface area contributed by atoms with Crippen molar-refractivity contribution in [3.05, 3.63) is 0 Å². The Bertz CT molecular complexity index is 550. The number of hydrogen-bond donors (Lipinski definition) is 1.